The number of nitrogens with zero attached hydrogens (tertiary/aromatic N) is 1. The molecule has 1 heterocycles. The standard InChI is InChI=1S/C25H24F2N2O5/c26-25(27)13-29(11-20(25)23(31)32)22(30)21(14-9-10-14)28-24(33)34-12-19-17-7-3-1-5-15(17)16-6-2-4-8-18(16)19/h1-8,14,19-21H,9-13H2,(H,28,33)(H,31,32). The average Bonchev–Trinajstić information content (AvgIpc) is 3.53. The van der Waals surface area contributed by atoms with Crippen LogP contribution in [-0.4, -0.2) is 59.6 Å². The predicted octanol–water partition coefficient (Wildman–Crippen LogP) is 3.48. The molecule has 2 aliphatic carbocycles. The molecule has 9 heteroatoms. The third kappa shape index (κ3) is 3.99. The molecule has 0 radical (unpaired) electrons. The zero-order valence-corrected chi connectivity index (χ0v) is 18.2. The maximum Gasteiger partial charge on any atom is 0.407 e. The van der Waals surface area contributed by atoms with Crippen LogP contribution in [0, 0.1) is 11.8 Å². The van der Waals surface area contributed by atoms with Gasteiger partial charge in [0.15, 0.2) is 0 Å². The molecule has 2 aromatic rings. The number of amides is 2. The van der Waals surface area contributed by atoms with E-state index in [0.717, 1.165) is 27.2 Å². The summed E-state index contributed by atoms with van der Waals surface area (Å²) in [6.45, 7) is -1.50. The molecule has 1 saturated carbocycles. The van der Waals surface area contributed by atoms with E-state index in [1.165, 1.54) is 0 Å². The summed E-state index contributed by atoms with van der Waals surface area (Å²) in [4.78, 5) is 37.6. The molecule has 0 spiro atoms. The molecule has 3 aliphatic rings. The lowest BCUT2D eigenvalue weighted by atomic mass is 9.98. The number of hydrogen-bond acceptors (Lipinski definition) is 4. The fourth-order valence-corrected chi connectivity index (χ4v) is 4.98. The Bertz CT molecular complexity index is 1100. The molecule has 2 atom stereocenters. The Hall–Kier alpha value is -3.49. The number of alkyl carbamates (subject to hydrolysis) is 1. The zero-order valence-electron chi connectivity index (χ0n) is 18.2. The Kier molecular flexibility index (Phi) is 5.50. The van der Waals surface area contributed by atoms with Crippen molar-refractivity contribution >= 4 is 18.0 Å². The van der Waals surface area contributed by atoms with Crippen LogP contribution >= 0.6 is 0 Å². The van der Waals surface area contributed by atoms with E-state index in [1.54, 1.807) is 0 Å². The van der Waals surface area contributed by atoms with Crippen LogP contribution in [0.1, 0.15) is 29.9 Å². The van der Waals surface area contributed by atoms with E-state index in [0.29, 0.717) is 12.8 Å². The fourth-order valence-electron chi connectivity index (χ4n) is 4.98. The summed E-state index contributed by atoms with van der Waals surface area (Å²) in [5, 5.41) is 11.6. The van der Waals surface area contributed by atoms with E-state index >= 15 is 0 Å². The molecule has 2 aromatic carbocycles. The number of rotatable bonds is 6. The van der Waals surface area contributed by atoms with E-state index in [9.17, 15) is 23.2 Å². The maximum atomic E-state index is 14.1. The van der Waals surface area contributed by atoms with Crippen LogP contribution in [0.3, 0.4) is 0 Å². The van der Waals surface area contributed by atoms with E-state index in [1.807, 2.05) is 48.5 Å². The number of carbonyl (C=O) groups is 3. The molecule has 0 aromatic heterocycles. The predicted molar refractivity (Wildman–Crippen MR) is 117 cm³/mol. The van der Waals surface area contributed by atoms with Crippen LogP contribution in [0.15, 0.2) is 48.5 Å². The van der Waals surface area contributed by atoms with Gasteiger partial charge in [0, 0.05) is 12.5 Å². The molecule has 2 amide bonds. The van der Waals surface area contributed by atoms with E-state index in [-0.39, 0.29) is 18.4 Å². The van der Waals surface area contributed by atoms with Crippen molar-refractivity contribution in [2.24, 2.45) is 11.8 Å². The third-order valence-corrected chi connectivity index (χ3v) is 6.90. The number of carboxylic acid groups (broad SMARTS) is 1. The first-order valence-electron chi connectivity index (χ1n) is 11.3. The molecule has 7 nitrogen and oxygen atoms in total. The molecule has 1 aliphatic heterocycles. The summed E-state index contributed by atoms with van der Waals surface area (Å²) in [6.07, 6.45) is 0.548. The number of carboxylic acids is 1. The highest BCUT2D eigenvalue weighted by atomic mass is 19.3. The molecular formula is C25H24F2N2O5. The Balaban J connectivity index is 1.25. The number of hydrogen-bond donors (Lipinski definition) is 2. The first-order valence-corrected chi connectivity index (χ1v) is 11.3. The van der Waals surface area contributed by atoms with Gasteiger partial charge in [-0.1, -0.05) is 48.5 Å². The minimum Gasteiger partial charge on any atom is -0.481 e. The average molecular weight is 470 g/mol. The first-order chi connectivity index (χ1) is 16.3. The Morgan fingerprint density at radius 3 is 2.18 bits per heavy atom. The lowest BCUT2D eigenvalue weighted by Crippen LogP contribution is -2.50. The lowest BCUT2D eigenvalue weighted by Gasteiger charge is -2.24. The maximum absolute atomic E-state index is 14.1. The number of alkyl halides is 2. The normalized spacial score (nSPS) is 21.5. The Labute approximate surface area is 194 Å². The summed E-state index contributed by atoms with van der Waals surface area (Å²) in [7, 11) is 0. The van der Waals surface area contributed by atoms with Crippen molar-refractivity contribution in [3.05, 3.63) is 59.7 Å². The van der Waals surface area contributed by atoms with Gasteiger partial charge >= 0.3 is 12.1 Å². The zero-order chi connectivity index (χ0) is 24.0. The first kappa shape index (κ1) is 22.3. The third-order valence-electron chi connectivity index (χ3n) is 6.90. The lowest BCUT2D eigenvalue weighted by molar-refractivity contribution is -0.151. The quantitative estimate of drug-likeness (QED) is 0.674. The van der Waals surface area contributed by atoms with Crippen LogP contribution in [0.5, 0.6) is 0 Å². The van der Waals surface area contributed by atoms with Crippen LogP contribution in [0.25, 0.3) is 11.1 Å². The topological polar surface area (TPSA) is 95.9 Å². The summed E-state index contributed by atoms with van der Waals surface area (Å²) < 4.78 is 33.6. The Morgan fingerprint density at radius 2 is 1.65 bits per heavy atom. The van der Waals surface area contributed by atoms with Gasteiger partial charge in [-0.3, -0.25) is 9.59 Å². The molecule has 2 fully saturated rings. The second kappa shape index (κ2) is 8.38. The minimum atomic E-state index is -3.51. The van der Waals surface area contributed by atoms with Crippen molar-refractivity contribution in [2.75, 3.05) is 19.7 Å². The number of benzene rings is 2. The molecule has 2 unspecified atom stereocenters. The van der Waals surface area contributed by atoms with Crippen molar-refractivity contribution in [3.63, 3.8) is 0 Å². The number of likely N-dealkylation sites (tertiary alicyclic amines) is 1. The van der Waals surface area contributed by atoms with Gasteiger partial charge in [0.1, 0.15) is 18.6 Å². The molecule has 0 bridgehead atoms. The molecule has 5 rings (SSSR count). The second-order valence-corrected chi connectivity index (χ2v) is 9.16. The van der Waals surface area contributed by atoms with Crippen LogP contribution < -0.4 is 5.32 Å². The van der Waals surface area contributed by atoms with Crippen molar-refractivity contribution < 1.29 is 33.0 Å². The number of nitrogens with one attached hydrogen (secondary N) is 1. The van der Waals surface area contributed by atoms with Crippen LogP contribution in [0.2, 0.25) is 0 Å². The number of ether oxygens (including phenoxy) is 1. The van der Waals surface area contributed by atoms with Crippen LogP contribution in [-0.2, 0) is 14.3 Å². The fraction of sp³-hybridized carbons (Fsp3) is 0.400. The monoisotopic (exact) mass is 470 g/mol. The molecule has 1 saturated heterocycles. The smallest absolute Gasteiger partial charge is 0.407 e. The highest BCUT2D eigenvalue weighted by molar-refractivity contribution is 5.87. The van der Waals surface area contributed by atoms with Crippen molar-refractivity contribution in [1.29, 1.82) is 0 Å². The van der Waals surface area contributed by atoms with Gasteiger partial charge in [-0.25, -0.2) is 13.6 Å². The van der Waals surface area contributed by atoms with E-state index < -0.39 is 48.9 Å². The minimum absolute atomic E-state index is 0.0638. The van der Waals surface area contributed by atoms with Gasteiger partial charge in [-0.05, 0) is 41.0 Å². The Morgan fingerprint density at radius 1 is 1.06 bits per heavy atom. The largest absolute Gasteiger partial charge is 0.481 e. The number of fused-ring (bicyclic) bond motifs is 3. The van der Waals surface area contributed by atoms with Crippen LogP contribution in [0.4, 0.5) is 13.6 Å². The molecule has 2 N–H and O–H groups in total. The highest BCUT2D eigenvalue weighted by Gasteiger charge is 2.55. The van der Waals surface area contributed by atoms with E-state index in [2.05, 4.69) is 5.32 Å². The van der Waals surface area contributed by atoms with E-state index in [4.69, 9.17) is 9.84 Å². The summed E-state index contributed by atoms with van der Waals surface area (Å²) in [5.41, 5.74) is 4.26. The number of halogens is 2. The van der Waals surface area contributed by atoms with Gasteiger partial charge in [0.05, 0.1) is 6.54 Å². The van der Waals surface area contributed by atoms with Crippen molar-refractivity contribution in [1.82, 2.24) is 10.2 Å². The molecular weight excluding hydrogens is 446 g/mol. The van der Waals surface area contributed by atoms with Gasteiger partial charge in [-0.15, -0.1) is 0 Å². The summed E-state index contributed by atoms with van der Waals surface area (Å²) in [6, 6.07) is 14.8. The van der Waals surface area contributed by atoms with Gasteiger partial charge in [0.2, 0.25) is 5.91 Å². The van der Waals surface area contributed by atoms with Gasteiger partial charge in [-0.2, -0.15) is 0 Å². The molecule has 34 heavy (non-hydrogen) atoms. The SMILES string of the molecule is O=C(NC(C(=O)N1CC(C(=O)O)C(F)(F)C1)C1CC1)OCC1c2ccccc2-c2ccccc21. The van der Waals surface area contributed by atoms with Crippen molar-refractivity contribution in [2.45, 2.75) is 30.7 Å². The van der Waals surface area contributed by atoms with Gasteiger partial charge in [0.25, 0.3) is 5.92 Å². The highest BCUT2D eigenvalue weighted by Crippen LogP contribution is 2.44. The van der Waals surface area contributed by atoms with Gasteiger partial charge < -0.3 is 20.1 Å². The number of carbonyl (C=O) groups excluding carboxylic acids is 2. The summed E-state index contributed by atoms with van der Waals surface area (Å²) in [5.74, 6) is -8.13. The summed E-state index contributed by atoms with van der Waals surface area (Å²) >= 11 is 0. The molecule has 178 valence electrons. The number of aliphatic carboxylic acids is 1. The van der Waals surface area contributed by atoms with Crippen molar-refractivity contribution in [3.8, 4) is 11.1 Å². The second-order valence-electron chi connectivity index (χ2n) is 9.16.